The van der Waals surface area contributed by atoms with Crippen LogP contribution in [0.25, 0.3) is 6.08 Å². The van der Waals surface area contributed by atoms with Crippen molar-refractivity contribution in [2.24, 2.45) is 5.92 Å². The fourth-order valence-electron chi connectivity index (χ4n) is 3.18. The maximum Gasteiger partial charge on any atom is 0.326 e. The third-order valence-corrected chi connectivity index (χ3v) is 4.63. The molecule has 0 radical (unpaired) electrons. The van der Waals surface area contributed by atoms with E-state index < -0.39 is 11.4 Å². The van der Waals surface area contributed by atoms with Crippen LogP contribution in [-0.4, -0.2) is 41.9 Å². The first-order valence-corrected chi connectivity index (χ1v) is 9.57. The van der Waals surface area contributed by atoms with E-state index in [1.165, 1.54) is 6.08 Å². The van der Waals surface area contributed by atoms with Gasteiger partial charge in [-0.2, -0.15) is 0 Å². The van der Waals surface area contributed by atoms with Crippen LogP contribution in [0.15, 0.2) is 30.3 Å². The van der Waals surface area contributed by atoms with Gasteiger partial charge in [-0.25, -0.2) is 5.48 Å². The fraction of sp³-hybridized carbons (Fsp3) is 0.524. The van der Waals surface area contributed by atoms with Crippen LogP contribution in [0, 0.1) is 5.92 Å². The van der Waals surface area contributed by atoms with Gasteiger partial charge in [0.1, 0.15) is 11.6 Å². The molecule has 0 bridgehead atoms. The number of ether oxygens (including phenoxy) is 2. The average Bonchev–Trinajstić information content (AvgIpc) is 3.17. The number of amides is 1. The van der Waals surface area contributed by atoms with Crippen molar-refractivity contribution in [3.8, 4) is 0 Å². The Labute approximate surface area is 166 Å². The second-order valence-corrected chi connectivity index (χ2v) is 7.73. The maximum absolute atomic E-state index is 12.8. The summed E-state index contributed by atoms with van der Waals surface area (Å²) in [7, 11) is 0. The molecule has 28 heavy (non-hydrogen) atoms. The Morgan fingerprint density at radius 3 is 2.64 bits per heavy atom. The fourth-order valence-corrected chi connectivity index (χ4v) is 3.18. The summed E-state index contributed by atoms with van der Waals surface area (Å²) in [4.78, 5) is 23.8. The summed E-state index contributed by atoms with van der Waals surface area (Å²) in [5, 5.41) is 11.9. The predicted molar refractivity (Wildman–Crippen MR) is 105 cm³/mol. The Morgan fingerprint density at radius 1 is 1.36 bits per heavy atom. The number of esters is 1. The highest BCUT2D eigenvalue weighted by Gasteiger charge is 2.37. The highest BCUT2D eigenvalue weighted by Crippen LogP contribution is 2.22. The minimum atomic E-state index is -0.783. The molecule has 7 nitrogen and oxygen atoms in total. The van der Waals surface area contributed by atoms with Gasteiger partial charge < -0.3 is 9.47 Å². The van der Waals surface area contributed by atoms with Crippen LogP contribution in [-0.2, 0) is 25.6 Å². The summed E-state index contributed by atoms with van der Waals surface area (Å²) in [6.45, 7) is 7.65. The summed E-state index contributed by atoms with van der Waals surface area (Å²) in [6.07, 6.45) is 4.09. The molecule has 0 aliphatic carbocycles. The van der Waals surface area contributed by atoms with Crippen LogP contribution in [0.4, 0.5) is 0 Å². The summed E-state index contributed by atoms with van der Waals surface area (Å²) in [5.74, 6) is -0.497. The topological polar surface area (TPSA) is 96.9 Å². The molecule has 0 saturated carbocycles. The van der Waals surface area contributed by atoms with Gasteiger partial charge in [0.15, 0.2) is 0 Å². The molecule has 1 aliphatic rings. The number of hydroxylamine groups is 1. The highest BCUT2D eigenvalue weighted by atomic mass is 16.6. The van der Waals surface area contributed by atoms with Gasteiger partial charge in [0.05, 0.1) is 13.2 Å². The summed E-state index contributed by atoms with van der Waals surface area (Å²) in [6, 6.07) is 7.59. The minimum Gasteiger partial charge on any atom is -0.458 e. The number of hydrogen-bond donors (Lipinski definition) is 3. The van der Waals surface area contributed by atoms with E-state index in [2.05, 4.69) is 19.2 Å². The third-order valence-electron chi connectivity index (χ3n) is 4.63. The summed E-state index contributed by atoms with van der Waals surface area (Å²) in [5.41, 5.74) is 2.61. The summed E-state index contributed by atoms with van der Waals surface area (Å²) >= 11 is 0. The van der Waals surface area contributed by atoms with E-state index in [9.17, 15) is 9.59 Å². The number of nitrogens with one attached hydrogen (secondary N) is 2. The predicted octanol–water partition coefficient (Wildman–Crippen LogP) is 2.43. The largest absolute Gasteiger partial charge is 0.458 e. The molecule has 0 spiro atoms. The van der Waals surface area contributed by atoms with Crippen LogP contribution in [0.5, 0.6) is 0 Å². The normalized spacial score (nSPS) is 19.0. The Kier molecular flexibility index (Phi) is 8.17. The van der Waals surface area contributed by atoms with Crippen LogP contribution < -0.4 is 10.8 Å². The smallest absolute Gasteiger partial charge is 0.326 e. The van der Waals surface area contributed by atoms with Gasteiger partial charge >= 0.3 is 5.97 Å². The van der Waals surface area contributed by atoms with Crippen molar-refractivity contribution in [3.63, 3.8) is 0 Å². The van der Waals surface area contributed by atoms with Crippen LogP contribution in [0.3, 0.4) is 0 Å². The molecule has 1 aliphatic heterocycles. The quantitative estimate of drug-likeness (QED) is 0.259. The number of hydrogen-bond acceptors (Lipinski definition) is 6. The van der Waals surface area contributed by atoms with Crippen molar-refractivity contribution >= 4 is 18.0 Å². The Morgan fingerprint density at radius 2 is 2.07 bits per heavy atom. The molecule has 2 atom stereocenters. The minimum absolute atomic E-state index is 0.164. The van der Waals surface area contributed by atoms with Gasteiger partial charge in [-0.15, -0.1) is 0 Å². The van der Waals surface area contributed by atoms with Gasteiger partial charge in [0.25, 0.3) is 5.91 Å². The van der Waals surface area contributed by atoms with E-state index in [0.717, 1.165) is 17.5 Å². The van der Waals surface area contributed by atoms with E-state index in [1.54, 1.807) is 11.6 Å². The van der Waals surface area contributed by atoms with E-state index >= 15 is 0 Å². The molecule has 7 heteroatoms. The van der Waals surface area contributed by atoms with Crippen LogP contribution in [0.1, 0.15) is 44.7 Å². The summed E-state index contributed by atoms with van der Waals surface area (Å²) < 4.78 is 10.9. The van der Waals surface area contributed by atoms with Gasteiger partial charge in [-0.1, -0.05) is 38.1 Å². The number of rotatable bonds is 9. The molecule has 1 amide bonds. The van der Waals surface area contributed by atoms with Crippen molar-refractivity contribution in [3.05, 3.63) is 41.5 Å². The molecule has 0 aromatic heterocycles. The Hall–Kier alpha value is -2.22. The molecular weight excluding hydrogens is 360 g/mol. The highest BCUT2D eigenvalue weighted by molar-refractivity contribution is 5.90. The Balaban J connectivity index is 1.99. The second-order valence-electron chi connectivity index (χ2n) is 7.73. The van der Waals surface area contributed by atoms with E-state index in [-0.39, 0.29) is 12.1 Å². The lowest BCUT2D eigenvalue weighted by atomic mass is 9.90. The lowest BCUT2D eigenvalue weighted by Gasteiger charge is -2.31. The number of benzene rings is 1. The zero-order valence-corrected chi connectivity index (χ0v) is 16.7. The van der Waals surface area contributed by atoms with Crippen molar-refractivity contribution in [1.82, 2.24) is 10.8 Å². The van der Waals surface area contributed by atoms with Crippen LogP contribution in [0.2, 0.25) is 0 Å². The molecular formula is C21H30N2O5. The zero-order valence-electron chi connectivity index (χ0n) is 16.7. The van der Waals surface area contributed by atoms with Gasteiger partial charge in [0.2, 0.25) is 0 Å². The molecule has 154 valence electrons. The first-order chi connectivity index (χ1) is 13.3. The van der Waals surface area contributed by atoms with E-state index in [4.69, 9.17) is 14.7 Å². The molecule has 1 fully saturated rings. The monoisotopic (exact) mass is 390 g/mol. The van der Waals surface area contributed by atoms with E-state index in [1.807, 2.05) is 31.2 Å². The van der Waals surface area contributed by atoms with E-state index in [0.29, 0.717) is 32.1 Å². The molecule has 1 heterocycles. The van der Waals surface area contributed by atoms with Crippen LogP contribution >= 0.6 is 0 Å². The average molecular weight is 390 g/mol. The molecule has 2 rings (SSSR count). The number of carbonyl (C=O) groups excluding carboxylic acids is 2. The first kappa shape index (κ1) is 22.1. The second kappa shape index (κ2) is 10.4. The maximum atomic E-state index is 12.8. The molecule has 3 N–H and O–H groups in total. The lowest BCUT2D eigenvalue weighted by molar-refractivity contribution is -0.157. The van der Waals surface area contributed by atoms with Crippen molar-refractivity contribution < 1.29 is 24.3 Å². The van der Waals surface area contributed by atoms with Gasteiger partial charge in [-0.3, -0.25) is 20.1 Å². The third kappa shape index (κ3) is 6.74. The van der Waals surface area contributed by atoms with Crippen molar-refractivity contribution in [1.29, 1.82) is 0 Å². The standard InChI is InChI=1S/C21H30N2O5/c1-15(2)12-21(3,20(25)28-18-10-11-27-14-18)22-13-17-6-4-16(5-7-17)8-9-19(24)23-26/h4-9,15,18,22,26H,10-14H2,1-3H3,(H,23,24)/b9-8+/t18-,21-/m1/s1. The number of carbonyl (C=O) groups is 2. The van der Waals surface area contributed by atoms with Crippen molar-refractivity contribution in [2.75, 3.05) is 13.2 Å². The molecule has 1 saturated heterocycles. The zero-order chi connectivity index (χ0) is 20.6. The van der Waals surface area contributed by atoms with Crippen molar-refractivity contribution in [2.45, 2.75) is 51.8 Å². The lowest BCUT2D eigenvalue weighted by Crippen LogP contribution is -2.52. The van der Waals surface area contributed by atoms with Gasteiger partial charge in [0, 0.05) is 19.0 Å². The molecule has 1 aromatic rings. The molecule has 0 unspecified atom stereocenters. The Bertz CT molecular complexity index is 681. The molecule has 1 aromatic carbocycles. The SMILES string of the molecule is CC(C)C[C@@](C)(NCc1ccc(/C=C/C(=O)NO)cc1)C(=O)O[C@@H]1CCOC1. The first-order valence-electron chi connectivity index (χ1n) is 9.57. The van der Waals surface area contributed by atoms with Gasteiger partial charge in [-0.05, 0) is 36.5 Å².